The average Bonchev–Trinajstić information content (AvgIpc) is 0.856. The van der Waals surface area contributed by atoms with Crippen LogP contribution in [0, 0.1) is 62.1 Å². The van der Waals surface area contributed by atoms with E-state index in [-0.39, 0.29) is 89.8 Å². The van der Waals surface area contributed by atoms with E-state index in [0.717, 1.165) is 61.8 Å². The van der Waals surface area contributed by atoms with Crippen molar-refractivity contribution in [2.45, 2.75) is 73.9 Å². The van der Waals surface area contributed by atoms with Crippen molar-refractivity contribution in [2.24, 2.45) is 16.1 Å². The van der Waals surface area contributed by atoms with Gasteiger partial charge in [0.25, 0.3) is 22.5 Å². The van der Waals surface area contributed by atoms with E-state index in [9.17, 15) is 45.9 Å². The molecule has 48 heteroatoms. The summed E-state index contributed by atoms with van der Waals surface area (Å²) in [6, 6.07) is 8.38. The van der Waals surface area contributed by atoms with Crippen molar-refractivity contribution in [1.29, 1.82) is 10.5 Å². The quantitative estimate of drug-likeness (QED) is 0.0131. The van der Waals surface area contributed by atoms with Gasteiger partial charge >= 0.3 is 90.1 Å². The van der Waals surface area contributed by atoms with Crippen LogP contribution >= 0.6 is 66.5 Å². The van der Waals surface area contributed by atoms with Gasteiger partial charge in [0.05, 0.1) is 41.6 Å². The van der Waals surface area contributed by atoms with Crippen molar-refractivity contribution in [1.82, 2.24) is 45.9 Å². The van der Waals surface area contributed by atoms with Crippen LogP contribution in [0.1, 0.15) is 71.6 Å². The predicted octanol–water partition coefficient (Wildman–Crippen LogP) is 8.18. The second-order valence-corrected chi connectivity index (χ2v) is 25.5. The molecule has 0 fully saturated rings. The van der Waals surface area contributed by atoms with E-state index in [1.165, 1.54) is 62.3 Å². The van der Waals surface area contributed by atoms with Gasteiger partial charge in [-0.05, 0) is 99.1 Å². The first-order valence-corrected chi connectivity index (χ1v) is 41.0. The number of nitrogens with zero attached hydrogens (tertiary/aromatic N) is 11. The van der Waals surface area contributed by atoms with E-state index < -0.39 is 65.2 Å². The molecule has 1 amide bonds. The normalized spacial score (nSPS) is 9.21. The van der Waals surface area contributed by atoms with Crippen LogP contribution in [0.15, 0.2) is 93.7 Å². The summed E-state index contributed by atoms with van der Waals surface area (Å²) in [6.45, 7) is 24.2. The summed E-state index contributed by atoms with van der Waals surface area (Å²) < 4.78 is 124. The summed E-state index contributed by atoms with van der Waals surface area (Å²) in [4.78, 5) is 72.9. The Labute approximate surface area is 609 Å². The summed E-state index contributed by atoms with van der Waals surface area (Å²) in [7, 11) is -5.90. The molecular formula is C47H61BrCl4CuF5N17Na2O15PS2. The van der Waals surface area contributed by atoms with Crippen LogP contribution in [0.4, 0.5) is 39.0 Å². The molecular weight excluding hydrogens is 1560 g/mol. The number of amides is 1. The molecule has 7 aromatic heterocycles. The summed E-state index contributed by atoms with van der Waals surface area (Å²) in [5.74, 6) is -3.43. The Balaban J connectivity index is -0.000000125. The predicted molar refractivity (Wildman–Crippen MR) is 342 cm³/mol. The third-order valence-corrected chi connectivity index (χ3v) is 10.5. The maximum atomic E-state index is 12.6. The topological polar surface area (TPSA) is 557 Å². The first-order chi connectivity index (χ1) is 42.2. The molecule has 0 aromatic carbocycles. The number of fused-ring (bicyclic) bond motifs is 2. The van der Waals surface area contributed by atoms with Gasteiger partial charge in [0, 0.05) is 78.2 Å². The van der Waals surface area contributed by atoms with Crippen molar-refractivity contribution in [2.75, 3.05) is 32.1 Å². The van der Waals surface area contributed by atoms with E-state index in [1.54, 1.807) is 6.07 Å². The summed E-state index contributed by atoms with van der Waals surface area (Å²) in [5, 5.41) is 16.6. The van der Waals surface area contributed by atoms with Crippen LogP contribution in [-0.2, 0) is 54.4 Å². The number of aromatic nitrogens is 9. The average molecular weight is 1630 g/mol. The molecule has 0 bridgehead atoms. The van der Waals surface area contributed by atoms with Gasteiger partial charge in [0.2, 0.25) is 12.4 Å². The summed E-state index contributed by atoms with van der Waals surface area (Å²) >= 11 is 25.4. The fourth-order valence-electron chi connectivity index (χ4n) is 5.49. The summed E-state index contributed by atoms with van der Waals surface area (Å²) in [6.07, 6.45) is 7.54. The monoisotopic (exact) mass is 1620 g/mol. The maximum Gasteiger partial charge on any atom is -0.870 e. The minimum Gasteiger partial charge on any atom is -0.870 e. The molecule has 524 valence electrons. The van der Waals surface area contributed by atoms with Crippen molar-refractivity contribution in [3.63, 3.8) is 0 Å². The molecule has 7 aromatic rings. The van der Waals surface area contributed by atoms with Crippen LogP contribution in [0.25, 0.3) is 22.1 Å². The standard InChI is InChI=1S/C8H19N.C7H3ClFN3.C7H4FN3O.C7H16O3.C6H2FN3O.C6H6FN3O.C5H2BrFN2O.CN.Cl3OP.Cu.H3N.2Na.O4S2.3H2O/c1-6-9(7(2)3)8(4)5;8-7-6-5(11-3-12-7)1-4(9)2-10-6;8-4-1-5-6(9-2-4)7(12)11-3-10-5;1-4-8-7(9-5-2)10-6-3;7-4-1-5(10-11)6(2-8)9-3-4;7-3-1-4(8)5(6(9)11)10-2-3;6-5-4(9-10)1-3(7)2-8-5;1-2;1-5(2,3)4;;;;;1-5(2)6(3)4;;;/h7-8H,6H2,1-5H3;1-3H;1-3H,(H,10,11,12);7H,4-6H2,1-3H3;1,3H;1-2H,8H2,(H2,9,11);1-2H;;;;1H3;;;;3*1H2/q;;;;;;;-1;;+1;;;;;;;. The number of pyridine rings is 5. The van der Waals surface area contributed by atoms with E-state index in [1.807, 2.05) is 20.8 Å². The number of nitroso groups, excluding NO2 is 2. The van der Waals surface area contributed by atoms with Crippen LogP contribution in [-0.4, -0.2) is 168 Å². The van der Waals surface area contributed by atoms with E-state index in [2.05, 4.69) is 144 Å². The molecule has 0 unspecified atom stereocenters. The number of carbonyl (C=O) groups is 1. The molecule has 0 spiro atoms. The van der Waals surface area contributed by atoms with Gasteiger partial charge in [-0.1, -0.05) is 18.5 Å². The molecule has 0 saturated carbocycles. The number of halogens is 10. The summed E-state index contributed by atoms with van der Waals surface area (Å²) in [5.41, 5.74) is 10.6. The third kappa shape index (κ3) is 52.8. The molecule has 0 aliphatic carbocycles. The molecule has 7 heterocycles. The Kier molecular flexibility index (Phi) is 72.9. The molecule has 0 aliphatic heterocycles. The third-order valence-electron chi connectivity index (χ3n) is 8.70. The maximum absolute atomic E-state index is 12.6. The minimum atomic E-state index is -3.22. The number of carbonyl (C=O) groups excluding carboxylic acids is 1. The van der Waals surface area contributed by atoms with Gasteiger partial charge in [-0.15, -0.1) is 9.81 Å². The molecule has 0 saturated heterocycles. The van der Waals surface area contributed by atoms with E-state index in [4.69, 9.17) is 71.2 Å². The molecule has 32 nitrogen and oxygen atoms in total. The first-order valence-electron chi connectivity index (χ1n) is 24.7. The smallest absolute Gasteiger partial charge is 0.870 e. The second-order valence-electron chi connectivity index (χ2n) is 15.3. The number of rotatable bonds is 12. The zero-order valence-corrected chi connectivity index (χ0v) is 63.5. The van der Waals surface area contributed by atoms with Gasteiger partial charge in [-0.3, -0.25) is 19.1 Å². The van der Waals surface area contributed by atoms with Crippen molar-refractivity contribution in [3.05, 3.63) is 151 Å². The number of nitrogens with two attached hydrogens (primary N) is 2. The second kappa shape index (κ2) is 63.8. The zero-order valence-electron chi connectivity index (χ0n) is 51.4. The molecule has 0 aliphatic rings. The van der Waals surface area contributed by atoms with E-state index >= 15 is 0 Å². The zero-order chi connectivity index (χ0) is 70.3. The number of ether oxygens (including phenoxy) is 3. The molecule has 0 atom stereocenters. The Morgan fingerprint density at radius 2 is 1.16 bits per heavy atom. The van der Waals surface area contributed by atoms with Crippen molar-refractivity contribution in [3.8, 4) is 6.07 Å². The molecule has 14 N–H and O–H groups in total. The number of primary amides is 1. The minimum absolute atomic E-state index is 0. The number of H-pyrrole nitrogens is 3. The molecule has 0 radical (unpaired) electrons. The fourth-order valence-corrected chi connectivity index (χ4v) is 5.98. The van der Waals surface area contributed by atoms with Gasteiger partial charge in [0.15, 0.2) is 45.4 Å². The van der Waals surface area contributed by atoms with Crippen LogP contribution < -0.4 is 33.1 Å². The number of anilines is 1. The van der Waals surface area contributed by atoms with Crippen LogP contribution in [0.2, 0.25) is 5.15 Å². The SMILES string of the molecule is CCN(C(C)C)C(C)C.CCOC(OCC)OCC.Fc1cnc2c(Cl)ncnc2c1.N.N#Cc1[nH+]cc(F)cc1N=O.NC(=O)c1ncc(F)cc1N.O.O=Nc1cc(F)c[nH+]c1Br.O=P(Cl)(Cl)Cl.O=S(=O)=S(=O)=O.O=c1[nH]cnc2cc(F)cnc12.[C-]#N.[Cu+].[Na][Na].[OH-].[OH-]. The fraction of sp³-hybridized carbons (Fsp3) is 0.319. The van der Waals surface area contributed by atoms with Crippen molar-refractivity contribution < 1.29 is 106 Å². The Hall–Kier alpha value is -4.96. The Morgan fingerprint density at radius 3 is 1.52 bits per heavy atom. The Morgan fingerprint density at radius 1 is 0.758 bits per heavy atom. The van der Waals surface area contributed by atoms with Crippen LogP contribution in [0.3, 0.4) is 0 Å². The van der Waals surface area contributed by atoms with E-state index in [0.29, 0.717) is 47.5 Å². The first kappa shape index (κ1) is 109. The Bertz CT molecular complexity index is 3720. The van der Waals surface area contributed by atoms with Gasteiger partial charge in [-0.2, -0.15) is 27.1 Å². The number of nitrogens with one attached hydrogen (secondary N) is 3. The number of hydrogen-bond acceptors (Lipinski definition) is 27. The molecule has 7 rings (SSSR count). The number of aromatic amines is 3. The number of nitrogen functional groups attached to an aromatic ring is 1. The van der Waals surface area contributed by atoms with Gasteiger partial charge in [0.1, 0.15) is 29.3 Å². The van der Waals surface area contributed by atoms with Gasteiger partial charge < -0.3 is 65.1 Å². The number of nitriles is 1. The largest absolute Gasteiger partial charge is 0.870 e. The number of hydrogen-bond donors (Lipinski definition) is 4. The van der Waals surface area contributed by atoms with Gasteiger partial charge in [-0.25, -0.2) is 56.8 Å². The molecule has 95 heavy (non-hydrogen) atoms. The van der Waals surface area contributed by atoms with Crippen LogP contribution in [0.5, 0.6) is 0 Å². The van der Waals surface area contributed by atoms with Crippen molar-refractivity contribution >= 4 is 174 Å².